The molecular formula is C16H27N3O2S. The molecule has 0 saturated carbocycles. The summed E-state index contributed by atoms with van der Waals surface area (Å²) >= 11 is 1.76. The normalized spacial score (nSPS) is 18.8. The number of nitrogens with zero attached hydrogens (tertiary/aromatic N) is 1. The molecule has 1 aliphatic heterocycles. The van der Waals surface area contributed by atoms with Crippen molar-refractivity contribution in [3.8, 4) is 0 Å². The number of anilines is 1. The number of aliphatic hydroxyl groups is 1. The molecule has 0 bridgehead atoms. The number of nitrogens with one attached hydrogen (secondary N) is 2. The van der Waals surface area contributed by atoms with Crippen molar-refractivity contribution >= 4 is 22.4 Å². The summed E-state index contributed by atoms with van der Waals surface area (Å²) in [5, 5.41) is 18.8. The summed E-state index contributed by atoms with van der Waals surface area (Å²) in [6.07, 6.45) is 3.61. The molecule has 1 saturated heterocycles. The average Bonchev–Trinajstić information content (AvgIpc) is 3.02. The van der Waals surface area contributed by atoms with Gasteiger partial charge in [-0.05, 0) is 43.7 Å². The van der Waals surface area contributed by atoms with E-state index in [4.69, 9.17) is 0 Å². The van der Waals surface area contributed by atoms with Crippen molar-refractivity contribution in [3.63, 3.8) is 0 Å². The van der Waals surface area contributed by atoms with Gasteiger partial charge in [0, 0.05) is 19.1 Å². The molecule has 2 rings (SSSR count). The average molecular weight is 325 g/mol. The van der Waals surface area contributed by atoms with Gasteiger partial charge in [0.25, 0.3) is 0 Å². The highest BCUT2D eigenvalue weighted by atomic mass is 32.1. The van der Waals surface area contributed by atoms with Gasteiger partial charge in [-0.1, -0.05) is 13.3 Å². The number of hydrogen-bond donors (Lipinski definition) is 3. The molecule has 1 aliphatic rings. The number of aliphatic hydroxyl groups excluding tert-OH is 1. The Bertz CT molecular complexity index is 458. The third-order valence-electron chi connectivity index (χ3n) is 4.21. The number of carbonyl (C=O) groups is 1. The highest BCUT2D eigenvalue weighted by Crippen LogP contribution is 2.24. The quantitative estimate of drug-likeness (QED) is 0.753. The van der Waals surface area contributed by atoms with Gasteiger partial charge in [0.2, 0.25) is 0 Å². The highest BCUT2D eigenvalue weighted by molar-refractivity contribution is 7.14. The number of urea groups is 1. The molecule has 22 heavy (non-hydrogen) atoms. The van der Waals surface area contributed by atoms with Gasteiger partial charge in [-0.2, -0.15) is 0 Å². The molecule has 1 fully saturated rings. The standard InChI is InChI=1S/C16H27N3O2S/c1-3-8-16(2,12-20)18-15(21)17-13-6-9-19(10-7-13)14-5-4-11-22-14/h4-5,11,13,20H,3,6-10,12H2,1-2H3,(H2,17,18,21). The second-order valence-corrected chi connectivity index (χ2v) is 7.21. The zero-order chi connectivity index (χ0) is 16.0. The zero-order valence-electron chi connectivity index (χ0n) is 13.5. The van der Waals surface area contributed by atoms with Crippen LogP contribution in [0, 0.1) is 0 Å². The molecule has 2 heterocycles. The van der Waals surface area contributed by atoms with Crippen LogP contribution >= 0.6 is 11.3 Å². The van der Waals surface area contributed by atoms with E-state index in [9.17, 15) is 9.90 Å². The van der Waals surface area contributed by atoms with Crippen LogP contribution in [0.3, 0.4) is 0 Å². The van der Waals surface area contributed by atoms with Crippen molar-refractivity contribution in [1.82, 2.24) is 10.6 Å². The van der Waals surface area contributed by atoms with Crippen molar-refractivity contribution < 1.29 is 9.90 Å². The Hall–Kier alpha value is -1.27. The highest BCUT2D eigenvalue weighted by Gasteiger charge is 2.27. The van der Waals surface area contributed by atoms with Gasteiger partial charge >= 0.3 is 6.03 Å². The van der Waals surface area contributed by atoms with Gasteiger partial charge < -0.3 is 20.6 Å². The maximum absolute atomic E-state index is 12.1. The molecule has 0 radical (unpaired) electrons. The van der Waals surface area contributed by atoms with Gasteiger partial charge in [0.05, 0.1) is 17.1 Å². The van der Waals surface area contributed by atoms with E-state index in [1.165, 1.54) is 5.00 Å². The fourth-order valence-electron chi connectivity index (χ4n) is 2.92. The maximum Gasteiger partial charge on any atom is 0.315 e. The van der Waals surface area contributed by atoms with E-state index in [0.717, 1.165) is 38.8 Å². The Morgan fingerprint density at radius 3 is 2.77 bits per heavy atom. The summed E-state index contributed by atoms with van der Waals surface area (Å²) in [6.45, 7) is 5.84. The van der Waals surface area contributed by atoms with Crippen LogP contribution in [0.4, 0.5) is 9.80 Å². The van der Waals surface area contributed by atoms with Gasteiger partial charge in [-0.25, -0.2) is 4.79 Å². The number of thiophene rings is 1. The van der Waals surface area contributed by atoms with Crippen LogP contribution in [0.15, 0.2) is 17.5 Å². The molecule has 1 aromatic rings. The first-order chi connectivity index (χ1) is 10.6. The smallest absolute Gasteiger partial charge is 0.315 e. The Labute approximate surface area is 136 Å². The van der Waals surface area contributed by atoms with E-state index in [1.807, 2.05) is 13.8 Å². The van der Waals surface area contributed by atoms with E-state index in [-0.39, 0.29) is 18.7 Å². The maximum atomic E-state index is 12.1. The predicted molar refractivity (Wildman–Crippen MR) is 91.6 cm³/mol. The van der Waals surface area contributed by atoms with Gasteiger partial charge in [0.15, 0.2) is 0 Å². The van der Waals surface area contributed by atoms with Crippen molar-refractivity contribution in [2.24, 2.45) is 0 Å². The third kappa shape index (κ3) is 4.61. The van der Waals surface area contributed by atoms with E-state index >= 15 is 0 Å². The third-order valence-corrected chi connectivity index (χ3v) is 5.14. The fourth-order valence-corrected chi connectivity index (χ4v) is 3.71. The van der Waals surface area contributed by atoms with E-state index in [1.54, 1.807) is 11.3 Å². The lowest BCUT2D eigenvalue weighted by atomic mass is 9.97. The number of hydrogen-bond acceptors (Lipinski definition) is 4. The summed E-state index contributed by atoms with van der Waals surface area (Å²) in [7, 11) is 0. The van der Waals surface area contributed by atoms with Crippen LogP contribution < -0.4 is 15.5 Å². The first-order valence-corrected chi connectivity index (χ1v) is 8.92. The number of rotatable bonds is 6. The molecule has 3 N–H and O–H groups in total. The lowest BCUT2D eigenvalue weighted by molar-refractivity contribution is 0.161. The van der Waals surface area contributed by atoms with E-state index in [2.05, 4.69) is 33.0 Å². The number of amides is 2. The topological polar surface area (TPSA) is 64.6 Å². The van der Waals surface area contributed by atoms with Crippen molar-refractivity contribution in [1.29, 1.82) is 0 Å². The van der Waals surface area contributed by atoms with E-state index < -0.39 is 5.54 Å². The molecule has 5 nitrogen and oxygen atoms in total. The molecule has 0 spiro atoms. The largest absolute Gasteiger partial charge is 0.394 e. The van der Waals surface area contributed by atoms with Crippen LogP contribution in [-0.4, -0.2) is 42.4 Å². The molecule has 2 amide bonds. The predicted octanol–water partition coefficient (Wildman–Crippen LogP) is 2.57. The lowest BCUT2D eigenvalue weighted by Gasteiger charge is -2.34. The molecule has 1 atom stereocenters. The Morgan fingerprint density at radius 1 is 1.50 bits per heavy atom. The second-order valence-electron chi connectivity index (χ2n) is 6.28. The summed E-state index contributed by atoms with van der Waals surface area (Å²) in [6, 6.07) is 4.25. The minimum absolute atomic E-state index is 0.0366. The van der Waals surface area contributed by atoms with Crippen molar-refractivity contribution in [2.45, 2.75) is 51.1 Å². The molecule has 1 aromatic heterocycles. The molecule has 1 unspecified atom stereocenters. The van der Waals surface area contributed by atoms with Gasteiger partial charge in [0.1, 0.15) is 0 Å². The number of carbonyl (C=O) groups excluding carboxylic acids is 1. The first-order valence-electron chi connectivity index (χ1n) is 8.04. The Balaban J connectivity index is 1.77. The molecule has 0 aliphatic carbocycles. The van der Waals surface area contributed by atoms with Crippen LogP contribution in [0.1, 0.15) is 39.5 Å². The summed E-state index contributed by atoms with van der Waals surface area (Å²) in [4.78, 5) is 14.5. The Morgan fingerprint density at radius 2 is 2.23 bits per heavy atom. The summed E-state index contributed by atoms with van der Waals surface area (Å²) in [5.74, 6) is 0. The monoisotopic (exact) mass is 325 g/mol. The molecule has 124 valence electrons. The molecular weight excluding hydrogens is 298 g/mol. The van der Waals surface area contributed by atoms with Crippen LogP contribution in [0.2, 0.25) is 0 Å². The molecule has 6 heteroatoms. The van der Waals surface area contributed by atoms with Gasteiger partial charge in [-0.3, -0.25) is 0 Å². The van der Waals surface area contributed by atoms with Gasteiger partial charge in [-0.15, -0.1) is 11.3 Å². The fraction of sp³-hybridized carbons (Fsp3) is 0.688. The number of piperidine rings is 1. The SMILES string of the molecule is CCCC(C)(CO)NC(=O)NC1CCN(c2cccs2)CC1. The Kier molecular flexibility index (Phi) is 6.08. The summed E-state index contributed by atoms with van der Waals surface area (Å²) in [5.41, 5.74) is -0.531. The van der Waals surface area contributed by atoms with Crippen molar-refractivity contribution in [3.05, 3.63) is 17.5 Å². The van der Waals surface area contributed by atoms with Crippen molar-refractivity contribution in [2.75, 3.05) is 24.6 Å². The minimum atomic E-state index is -0.531. The zero-order valence-corrected chi connectivity index (χ0v) is 14.3. The van der Waals surface area contributed by atoms with Crippen LogP contribution in [0.25, 0.3) is 0 Å². The first kappa shape index (κ1) is 17.1. The lowest BCUT2D eigenvalue weighted by Crippen LogP contribution is -2.55. The minimum Gasteiger partial charge on any atom is -0.394 e. The van der Waals surface area contributed by atoms with Crippen LogP contribution in [-0.2, 0) is 0 Å². The van der Waals surface area contributed by atoms with E-state index in [0.29, 0.717) is 0 Å². The van der Waals surface area contributed by atoms with Crippen LogP contribution in [0.5, 0.6) is 0 Å². The second kappa shape index (κ2) is 7.83. The summed E-state index contributed by atoms with van der Waals surface area (Å²) < 4.78 is 0. The molecule has 0 aromatic carbocycles.